The van der Waals surface area contributed by atoms with Crippen LogP contribution in [0.3, 0.4) is 0 Å². The van der Waals surface area contributed by atoms with Gasteiger partial charge in [-0.15, -0.1) is 21.5 Å². The number of amides is 1. The van der Waals surface area contributed by atoms with Gasteiger partial charge in [-0.3, -0.25) is 4.79 Å². The standard InChI is InChI=1S/C12H9Cl2N3O3S/c1-5-4-21-9(12(19)20-2)8(5)15-11(18)6-3-7(13)16-17-10(6)14/h3-4H,1-2H3,(H,15,18). The third-order valence-corrected chi connectivity index (χ3v) is 4.09. The van der Waals surface area contributed by atoms with Crippen LogP contribution in [0, 0.1) is 6.92 Å². The molecule has 1 amide bonds. The molecule has 0 bridgehead atoms. The zero-order valence-corrected chi connectivity index (χ0v) is 13.3. The van der Waals surface area contributed by atoms with Crippen LogP contribution in [0.5, 0.6) is 0 Å². The smallest absolute Gasteiger partial charge is 0.350 e. The summed E-state index contributed by atoms with van der Waals surface area (Å²) in [6.07, 6.45) is 0. The predicted molar refractivity (Wildman–Crippen MR) is 80.4 cm³/mol. The van der Waals surface area contributed by atoms with Gasteiger partial charge in [-0.25, -0.2) is 4.79 Å². The van der Waals surface area contributed by atoms with Gasteiger partial charge >= 0.3 is 5.97 Å². The quantitative estimate of drug-likeness (QED) is 0.864. The van der Waals surface area contributed by atoms with E-state index in [-0.39, 0.29) is 15.9 Å². The second-order valence-corrected chi connectivity index (χ2v) is 5.57. The lowest BCUT2D eigenvalue weighted by molar-refractivity contribution is 0.0607. The largest absolute Gasteiger partial charge is 0.465 e. The third-order valence-electron chi connectivity index (χ3n) is 2.55. The van der Waals surface area contributed by atoms with Gasteiger partial charge in [0.2, 0.25) is 0 Å². The van der Waals surface area contributed by atoms with E-state index in [1.807, 2.05) is 0 Å². The minimum atomic E-state index is -0.538. The molecule has 2 heterocycles. The van der Waals surface area contributed by atoms with Crippen molar-refractivity contribution >= 4 is 52.1 Å². The van der Waals surface area contributed by atoms with E-state index in [0.717, 1.165) is 5.56 Å². The highest BCUT2D eigenvalue weighted by Crippen LogP contribution is 2.29. The number of aryl methyl sites for hydroxylation is 1. The number of rotatable bonds is 3. The van der Waals surface area contributed by atoms with Crippen molar-refractivity contribution in [2.24, 2.45) is 0 Å². The molecule has 1 N–H and O–H groups in total. The molecular weight excluding hydrogens is 337 g/mol. The van der Waals surface area contributed by atoms with Crippen molar-refractivity contribution in [2.75, 3.05) is 12.4 Å². The molecule has 0 aliphatic heterocycles. The molecular formula is C12H9Cl2N3O3S. The second-order valence-electron chi connectivity index (χ2n) is 3.94. The van der Waals surface area contributed by atoms with Crippen LogP contribution in [-0.4, -0.2) is 29.2 Å². The number of methoxy groups -OCH3 is 1. The Hall–Kier alpha value is -1.70. The summed E-state index contributed by atoms with van der Waals surface area (Å²) in [7, 11) is 1.27. The van der Waals surface area contributed by atoms with Crippen molar-refractivity contribution in [2.45, 2.75) is 6.92 Å². The molecule has 0 saturated heterocycles. The minimum Gasteiger partial charge on any atom is -0.465 e. The van der Waals surface area contributed by atoms with Crippen molar-refractivity contribution in [3.8, 4) is 0 Å². The van der Waals surface area contributed by atoms with Gasteiger partial charge in [-0.2, -0.15) is 0 Å². The van der Waals surface area contributed by atoms with Crippen LogP contribution >= 0.6 is 34.5 Å². The number of hydrogen-bond donors (Lipinski definition) is 1. The molecule has 6 nitrogen and oxygen atoms in total. The number of nitrogens with one attached hydrogen (secondary N) is 1. The van der Waals surface area contributed by atoms with E-state index >= 15 is 0 Å². The van der Waals surface area contributed by atoms with E-state index in [2.05, 4.69) is 20.3 Å². The van der Waals surface area contributed by atoms with Crippen LogP contribution in [0.4, 0.5) is 5.69 Å². The van der Waals surface area contributed by atoms with Crippen molar-refractivity contribution in [1.82, 2.24) is 10.2 Å². The summed E-state index contributed by atoms with van der Waals surface area (Å²) in [5, 5.41) is 11.4. The highest BCUT2D eigenvalue weighted by Gasteiger charge is 2.21. The van der Waals surface area contributed by atoms with Crippen LogP contribution in [0.25, 0.3) is 0 Å². The average Bonchev–Trinajstić information content (AvgIpc) is 2.82. The molecule has 2 aromatic heterocycles. The molecule has 9 heteroatoms. The van der Waals surface area contributed by atoms with Gasteiger partial charge < -0.3 is 10.1 Å². The molecule has 2 aromatic rings. The molecule has 0 aromatic carbocycles. The Balaban J connectivity index is 2.34. The third kappa shape index (κ3) is 3.31. The van der Waals surface area contributed by atoms with E-state index in [0.29, 0.717) is 10.6 Å². The Kier molecular flexibility index (Phi) is 4.76. The first-order valence-electron chi connectivity index (χ1n) is 5.60. The molecule has 0 saturated carbocycles. The Morgan fingerprint density at radius 1 is 1.33 bits per heavy atom. The molecule has 0 unspecified atom stereocenters. The zero-order chi connectivity index (χ0) is 15.6. The topological polar surface area (TPSA) is 81.2 Å². The van der Waals surface area contributed by atoms with Crippen molar-refractivity contribution in [3.05, 3.63) is 37.8 Å². The lowest BCUT2D eigenvalue weighted by atomic mass is 10.2. The van der Waals surface area contributed by atoms with E-state index in [4.69, 9.17) is 23.2 Å². The van der Waals surface area contributed by atoms with Gasteiger partial charge in [0.1, 0.15) is 4.88 Å². The van der Waals surface area contributed by atoms with Crippen molar-refractivity contribution in [3.63, 3.8) is 0 Å². The lowest BCUT2D eigenvalue weighted by Crippen LogP contribution is -2.16. The van der Waals surface area contributed by atoms with E-state index in [1.165, 1.54) is 24.5 Å². The summed E-state index contributed by atoms with van der Waals surface area (Å²) in [5.41, 5.74) is 1.18. The fraction of sp³-hybridized carbons (Fsp3) is 0.167. The number of ether oxygens (including phenoxy) is 1. The first-order valence-corrected chi connectivity index (χ1v) is 7.24. The lowest BCUT2D eigenvalue weighted by Gasteiger charge is -2.08. The van der Waals surface area contributed by atoms with Gasteiger partial charge in [-0.1, -0.05) is 23.2 Å². The maximum atomic E-state index is 12.2. The number of hydrogen-bond acceptors (Lipinski definition) is 6. The Bertz CT molecular complexity index is 718. The highest BCUT2D eigenvalue weighted by molar-refractivity contribution is 7.12. The number of anilines is 1. The number of esters is 1. The van der Waals surface area contributed by atoms with Crippen molar-refractivity contribution < 1.29 is 14.3 Å². The highest BCUT2D eigenvalue weighted by atomic mass is 35.5. The van der Waals surface area contributed by atoms with E-state index in [1.54, 1.807) is 12.3 Å². The molecule has 0 atom stereocenters. The number of halogens is 2. The fourth-order valence-corrected chi connectivity index (χ4v) is 2.78. The van der Waals surface area contributed by atoms with Crippen LogP contribution in [-0.2, 0) is 4.74 Å². The summed E-state index contributed by atoms with van der Waals surface area (Å²) in [6, 6.07) is 1.30. The molecule has 0 aliphatic carbocycles. The molecule has 110 valence electrons. The van der Waals surface area contributed by atoms with E-state index in [9.17, 15) is 9.59 Å². The molecule has 0 aliphatic rings. The number of aromatic nitrogens is 2. The average molecular weight is 346 g/mol. The number of carbonyl (C=O) groups is 2. The van der Waals surface area contributed by atoms with Gasteiger partial charge in [0.25, 0.3) is 5.91 Å². The summed E-state index contributed by atoms with van der Waals surface area (Å²) in [4.78, 5) is 24.2. The maximum Gasteiger partial charge on any atom is 0.350 e. The minimum absolute atomic E-state index is 0.0415. The zero-order valence-electron chi connectivity index (χ0n) is 10.9. The molecule has 0 radical (unpaired) electrons. The van der Waals surface area contributed by atoms with Gasteiger partial charge in [0.05, 0.1) is 18.4 Å². The van der Waals surface area contributed by atoms with Crippen LogP contribution in [0.15, 0.2) is 11.4 Å². The van der Waals surface area contributed by atoms with Gasteiger partial charge in [0, 0.05) is 0 Å². The van der Waals surface area contributed by atoms with Gasteiger partial charge in [-0.05, 0) is 23.9 Å². The van der Waals surface area contributed by atoms with Gasteiger partial charge in [0.15, 0.2) is 10.3 Å². The van der Waals surface area contributed by atoms with Crippen LogP contribution in [0.1, 0.15) is 25.6 Å². The van der Waals surface area contributed by atoms with Crippen molar-refractivity contribution in [1.29, 1.82) is 0 Å². The summed E-state index contributed by atoms with van der Waals surface area (Å²) >= 11 is 12.7. The fourth-order valence-electron chi connectivity index (χ4n) is 1.54. The second kappa shape index (κ2) is 6.38. The first kappa shape index (κ1) is 15.7. The first-order chi connectivity index (χ1) is 9.93. The molecule has 21 heavy (non-hydrogen) atoms. The maximum absolute atomic E-state index is 12.2. The number of carbonyl (C=O) groups excluding carboxylic acids is 2. The molecule has 0 fully saturated rings. The normalized spacial score (nSPS) is 10.3. The predicted octanol–water partition coefficient (Wildman–Crippen LogP) is 3.19. The monoisotopic (exact) mass is 345 g/mol. The van der Waals surface area contributed by atoms with E-state index < -0.39 is 11.9 Å². The summed E-state index contributed by atoms with van der Waals surface area (Å²) in [6.45, 7) is 1.76. The summed E-state index contributed by atoms with van der Waals surface area (Å²) in [5.74, 6) is -1.07. The van der Waals surface area contributed by atoms with Crippen LogP contribution < -0.4 is 5.32 Å². The molecule has 2 rings (SSSR count). The number of nitrogens with zero attached hydrogens (tertiary/aromatic N) is 2. The summed E-state index contributed by atoms with van der Waals surface area (Å²) < 4.78 is 4.67. The Morgan fingerprint density at radius 2 is 2.05 bits per heavy atom. The number of thiophene rings is 1. The Morgan fingerprint density at radius 3 is 2.71 bits per heavy atom. The Labute approximate surface area is 134 Å². The van der Waals surface area contributed by atoms with Crippen LogP contribution in [0.2, 0.25) is 10.3 Å². The molecule has 0 spiro atoms. The SMILES string of the molecule is COC(=O)c1scc(C)c1NC(=O)c1cc(Cl)nnc1Cl.